The zero-order valence-corrected chi connectivity index (χ0v) is 13.8. The first-order valence-electron chi connectivity index (χ1n) is 8.12. The number of rotatable bonds is 2. The number of hydrogen-bond donors (Lipinski definition) is 1. The zero-order valence-electron chi connectivity index (χ0n) is 13.8. The molecular weight excluding hydrogens is 310 g/mol. The van der Waals surface area contributed by atoms with Crippen LogP contribution < -0.4 is 5.43 Å². The van der Waals surface area contributed by atoms with E-state index in [2.05, 4.69) is 4.57 Å². The van der Waals surface area contributed by atoms with E-state index in [1.807, 2.05) is 73.8 Å². The minimum Gasteiger partial charge on any atom is -0.508 e. The fraction of sp³-hybridized carbons (Fsp3) is 0.0455. The SMILES string of the molecule is Cn1c2ccccc2c(=O)c2ccc(C=Cc3ccc(O)cc3)cc21. The molecule has 1 aromatic heterocycles. The van der Waals surface area contributed by atoms with E-state index in [1.165, 1.54) is 0 Å². The number of fused-ring (bicyclic) bond motifs is 2. The second-order valence-electron chi connectivity index (χ2n) is 6.11. The molecule has 0 amide bonds. The van der Waals surface area contributed by atoms with E-state index in [0.717, 1.165) is 32.9 Å². The quantitative estimate of drug-likeness (QED) is 0.433. The van der Waals surface area contributed by atoms with Gasteiger partial charge in [0.05, 0.1) is 11.0 Å². The molecule has 0 unspecified atom stereocenters. The molecule has 3 nitrogen and oxygen atoms in total. The number of benzene rings is 3. The highest BCUT2D eigenvalue weighted by molar-refractivity contribution is 5.94. The number of aromatic hydroxyl groups is 1. The van der Waals surface area contributed by atoms with E-state index in [4.69, 9.17) is 0 Å². The van der Waals surface area contributed by atoms with Crippen LogP contribution in [0.5, 0.6) is 5.75 Å². The van der Waals surface area contributed by atoms with Gasteiger partial charge in [-0.2, -0.15) is 0 Å². The lowest BCUT2D eigenvalue weighted by Crippen LogP contribution is -2.08. The summed E-state index contributed by atoms with van der Waals surface area (Å²) in [5.41, 5.74) is 3.94. The van der Waals surface area contributed by atoms with E-state index in [1.54, 1.807) is 12.1 Å². The first-order valence-corrected chi connectivity index (χ1v) is 8.12. The van der Waals surface area contributed by atoms with Gasteiger partial charge in [-0.15, -0.1) is 0 Å². The predicted octanol–water partition coefficient (Wildman–Crippen LogP) is 4.57. The summed E-state index contributed by atoms with van der Waals surface area (Å²) in [4.78, 5) is 12.7. The van der Waals surface area contributed by atoms with Crippen molar-refractivity contribution >= 4 is 34.0 Å². The molecule has 1 heterocycles. The number of phenolic OH excluding ortho intramolecular Hbond substituents is 1. The molecule has 0 fully saturated rings. The van der Waals surface area contributed by atoms with Crippen molar-refractivity contribution in [2.24, 2.45) is 7.05 Å². The Morgan fingerprint density at radius 2 is 1.44 bits per heavy atom. The number of aryl methyl sites for hydroxylation is 1. The molecule has 25 heavy (non-hydrogen) atoms. The van der Waals surface area contributed by atoms with Crippen LogP contribution in [0.2, 0.25) is 0 Å². The van der Waals surface area contributed by atoms with Gasteiger partial charge in [0, 0.05) is 17.8 Å². The van der Waals surface area contributed by atoms with E-state index in [-0.39, 0.29) is 11.2 Å². The molecule has 0 spiro atoms. The first-order chi connectivity index (χ1) is 12.1. The molecule has 0 aliphatic heterocycles. The van der Waals surface area contributed by atoms with Crippen molar-refractivity contribution in [3.05, 3.63) is 88.1 Å². The van der Waals surface area contributed by atoms with Gasteiger partial charge in [0.15, 0.2) is 5.43 Å². The largest absolute Gasteiger partial charge is 0.508 e. The third-order valence-electron chi connectivity index (χ3n) is 4.50. The molecule has 0 aliphatic carbocycles. The Kier molecular flexibility index (Phi) is 3.62. The average Bonchev–Trinajstić information content (AvgIpc) is 2.65. The van der Waals surface area contributed by atoms with Crippen molar-refractivity contribution in [1.29, 1.82) is 0 Å². The molecule has 3 aromatic carbocycles. The van der Waals surface area contributed by atoms with Crippen LogP contribution in [0.25, 0.3) is 34.0 Å². The second-order valence-corrected chi connectivity index (χ2v) is 6.11. The van der Waals surface area contributed by atoms with Gasteiger partial charge >= 0.3 is 0 Å². The maximum atomic E-state index is 12.7. The summed E-state index contributed by atoms with van der Waals surface area (Å²) in [6, 6.07) is 20.6. The van der Waals surface area contributed by atoms with Crippen molar-refractivity contribution in [1.82, 2.24) is 4.57 Å². The number of phenols is 1. The highest BCUT2D eigenvalue weighted by Crippen LogP contribution is 2.20. The van der Waals surface area contributed by atoms with Gasteiger partial charge in [-0.1, -0.05) is 42.5 Å². The summed E-state index contributed by atoms with van der Waals surface area (Å²) >= 11 is 0. The molecule has 122 valence electrons. The molecular formula is C22H17NO2. The monoisotopic (exact) mass is 327 g/mol. The summed E-state index contributed by atoms with van der Waals surface area (Å²) in [5, 5.41) is 10.8. The smallest absolute Gasteiger partial charge is 0.197 e. The first kappa shape index (κ1) is 15.2. The van der Waals surface area contributed by atoms with Crippen LogP contribution in [-0.2, 0) is 7.05 Å². The molecule has 4 aromatic rings. The molecule has 1 N–H and O–H groups in total. The molecule has 3 heteroatoms. The number of nitrogens with zero attached hydrogens (tertiary/aromatic N) is 1. The molecule has 0 atom stereocenters. The maximum absolute atomic E-state index is 12.7. The van der Waals surface area contributed by atoms with Gasteiger partial charge in [0.25, 0.3) is 0 Å². The second kappa shape index (κ2) is 5.95. The highest BCUT2D eigenvalue weighted by Gasteiger charge is 2.08. The normalized spacial score (nSPS) is 11.6. The summed E-state index contributed by atoms with van der Waals surface area (Å²) in [6.07, 6.45) is 3.99. The Bertz CT molecular complexity index is 1170. The Hall–Kier alpha value is -3.33. The Balaban J connectivity index is 1.85. The summed E-state index contributed by atoms with van der Waals surface area (Å²) in [6.45, 7) is 0. The van der Waals surface area contributed by atoms with Crippen molar-refractivity contribution in [3.8, 4) is 5.75 Å². The number of pyridine rings is 1. The van der Waals surface area contributed by atoms with Gasteiger partial charge in [0.1, 0.15) is 5.75 Å². The molecule has 0 saturated carbocycles. The minimum absolute atomic E-state index is 0.0674. The van der Waals surface area contributed by atoms with Crippen molar-refractivity contribution in [3.63, 3.8) is 0 Å². The number of hydrogen-bond acceptors (Lipinski definition) is 2. The fourth-order valence-electron chi connectivity index (χ4n) is 3.13. The van der Waals surface area contributed by atoms with Gasteiger partial charge in [-0.05, 0) is 47.5 Å². The summed E-state index contributed by atoms with van der Waals surface area (Å²) in [5.74, 6) is 0.254. The molecule has 0 bridgehead atoms. The number of para-hydroxylation sites is 1. The summed E-state index contributed by atoms with van der Waals surface area (Å²) in [7, 11) is 1.98. The third-order valence-corrected chi connectivity index (χ3v) is 4.50. The Labute approximate surface area is 145 Å². The van der Waals surface area contributed by atoms with Crippen LogP contribution in [0.15, 0.2) is 71.5 Å². The lowest BCUT2D eigenvalue weighted by atomic mass is 10.1. The van der Waals surface area contributed by atoms with Gasteiger partial charge in [-0.25, -0.2) is 0 Å². The van der Waals surface area contributed by atoms with Crippen LogP contribution in [0.4, 0.5) is 0 Å². The zero-order chi connectivity index (χ0) is 17.4. The van der Waals surface area contributed by atoms with E-state index >= 15 is 0 Å². The van der Waals surface area contributed by atoms with Crippen LogP contribution in [0.1, 0.15) is 11.1 Å². The van der Waals surface area contributed by atoms with E-state index in [0.29, 0.717) is 0 Å². The van der Waals surface area contributed by atoms with Crippen LogP contribution in [0, 0.1) is 0 Å². The minimum atomic E-state index is 0.0674. The van der Waals surface area contributed by atoms with Crippen LogP contribution in [0.3, 0.4) is 0 Å². The van der Waals surface area contributed by atoms with Crippen molar-refractivity contribution in [2.75, 3.05) is 0 Å². The molecule has 0 saturated heterocycles. The van der Waals surface area contributed by atoms with Crippen molar-refractivity contribution in [2.45, 2.75) is 0 Å². The van der Waals surface area contributed by atoms with Gasteiger partial charge in [-0.3, -0.25) is 4.79 Å². The average molecular weight is 327 g/mol. The predicted molar refractivity (Wildman–Crippen MR) is 104 cm³/mol. The number of aromatic nitrogens is 1. The maximum Gasteiger partial charge on any atom is 0.197 e. The topological polar surface area (TPSA) is 42.2 Å². The molecule has 0 aliphatic rings. The van der Waals surface area contributed by atoms with Crippen LogP contribution in [-0.4, -0.2) is 9.67 Å². The van der Waals surface area contributed by atoms with Gasteiger partial charge < -0.3 is 9.67 Å². The Morgan fingerprint density at radius 1 is 0.800 bits per heavy atom. The van der Waals surface area contributed by atoms with E-state index < -0.39 is 0 Å². The standard InChI is InChI=1S/C22H17NO2/c1-23-20-5-3-2-4-18(20)22(25)19-13-10-16(14-21(19)23)7-6-15-8-11-17(24)12-9-15/h2-14,24H,1H3. The lowest BCUT2D eigenvalue weighted by Gasteiger charge is -2.10. The van der Waals surface area contributed by atoms with E-state index in [9.17, 15) is 9.90 Å². The Morgan fingerprint density at radius 3 is 2.24 bits per heavy atom. The van der Waals surface area contributed by atoms with Crippen molar-refractivity contribution < 1.29 is 5.11 Å². The van der Waals surface area contributed by atoms with Gasteiger partial charge in [0.2, 0.25) is 0 Å². The highest BCUT2D eigenvalue weighted by atomic mass is 16.3. The summed E-state index contributed by atoms with van der Waals surface area (Å²) < 4.78 is 2.06. The molecule has 4 rings (SSSR count). The lowest BCUT2D eigenvalue weighted by molar-refractivity contribution is 0.475. The molecule has 0 radical (unpaired) electrons. The van der Waals surface area contributed by atoms with Crippen LogP contribution >= 0.6 is 0 Å². The third kappa shape index (κ3) is 2.70. The fourth-order valence-corrected chi connectivity index (χ4v) is 3.13.